The third kappa shape index (κ3) is 14.6. The van der Waals surface area contributed by atoms with E-state index in [1.54, 1.807) is 100 Å². The van der Waals surface area contributed by atoms with Crippen LogP contribution in [0.15, 0.2) is 117 Å². The van der Waals surface area contributed by atoms with E-state index in [4.69, 9.17) is 18.2 Å². The fraction of sp³-hybridized carbons (Fsp3) is 0.143. The Labute approximate surface area is 268 Å². The van der Waals surface area contributed by atoms with Crippen molar-refractivity contribution in [3.8, 4) is 0 Å². The predicted molar refractivity (Wildman–Crippen MR) is 175 cm³/mol. The zero-order valence-corrected chi connectivity index (χ0v) is 27.2. The fourth-order valence-corrected chi connectivity index (χ4v) is 6.29. The molecule has 0 aliphatic rings. The van der Waals surface area contributed by atoms with E-state index < -0.39 is 40.5 Å². The molecule has 4 rings (SSSR count). The average Bonchev–Trinajstić information content (AvgIpc) is 2.88. The molecule has 0 saturated heterocycles. The summed E-state index contributed by atoms with van der Waals surface area (Å²) < 4.78 is 119. The summed E-state index contributed by atoms with van der Waals surface area (Å²) in [6.45, 7) is 6.51. The molecule has 248 valence electrons. The van der Waals surface area contributed by atoms with Crippen molar-refractivity contribution in [1.29, 1.82) is 0 Å². The highest BCUT2D eigenvalue weighted by atomic mass is 32.2. The lowest BCUT2D eigenvalue weighted by Gasteiger charge is -1.99. The Morgan fingerprint density at radius 3 is 0.556 bits per heavy atom. The van der Waals surface area contributed by atoms with E-state index in [0.29, 0.717) is 22.3 Å². The average molecular weight is 721 g/mol. The topological polar surface area (TPSA) is 217 Å². The van der Waals surface area contributed by atoms with Gasteiger partial charge in [-0.25, -0.2) is 0 Å². The molecule has 0 aromatic heterocycles. The van der Waals surface area contributed by atoms with E-state index in [1.807, 2.05) is 0 Å². The van der Waals surface area contributed by atoms with Gasteiger partial charge in [0.15, 0.2) is 0 Å². The van der Waals surface area contributed by atoms with Gasteiger partial charge in [0.05, 0.1) is 19.6 Å². The van der Waals surface area contributed by atoms with Crippen molar-refractivity contribution < 1.29 is 51.9 Å². The summed E-state index contributed by atoms with van der Waals surface area (Å²) in [5, 5.41) is 0. The number of hydrogen-bond acceptors (Lipinski definition) is 8. The van der Waals surface area contributed by atoms with Crippen LogP contribution < -0.4 is 0 Å². The minimum absolute atomic E-state index is 0. The van der Waals surface area contributed by atoms with Crippen molar-refractivity contribution in [2.24, 2.45) is 0 Å². The Morgan fingerprint density at radius 2 is 0.467 bits per heavy atom. The van der Waals surface area contributed by atoms with E-state index in [0.717, 1.165) is 0 Å². The summed E-state index contributed by atoms with van der Waals surface area (Å²) in [5.74, 6) is 0. The van der Waals surface area contributed by atoms with Crippen LogP contribution in [0, 0.1) is 27.7 Å². The minimum Gasteiger partial charge on any atom is -0.282 e. The number of hydrogen-bond donors (Lipinski definition) is 4. The highest BCUT2D eigenvalue weighted by Crippen LogP contribution is 2.15. The molecule has 17 heteroatoms. The maximum atomic E-state index is 10.6. The van der Waals surface area contributed by atoms with Crippen molar-refractivity contribution in [3.05, 3.63) is 119 Å². The predicted octanol–water partition coefficient (Wildman–Crippen LogP) is 3.52. The molecule has 4 aromatic rings. The van der Waals surface area contributed by atoms with Crippen LogP contribution in [0.4, 0.5) is 0 Å². The standard InChI is InChI=1S/4C7H8O3S.H4Si/c4*1-6-4-2-3-5-7(6)11(8,9)10;/h4*2-5H,1H3,(H,8,9,10);1H4. The Kier molecular flexibility index (Phi) is 16.2. The van der Waals surface area contributed by atoms with Gasteiger partial charge in [0.25, 0.3) is 40.5 Å². The lowest BCUT2D eigenvalue weighted by Crippen LogP contribution is -1.99. The van der Waals surface area contributed by atoms with Gasteiger partial charge in [-0.1, -0.05) is 72.8 Å². The molecule has 12 nitrogen and oxygen atoms in total. The normalized spacial score (nSPS) is 11.2. The first-order valence-corrected chi connectivity index (χ1v) is 17.9. The summed E-state index contributed by atoms with van der Waals surface area (Å²) >= 11 is 0. The van der Waals surface area contributed by atoms with Gasteiger partial charge in [-0.2, -0.15) is 33.7 Å². The number of benzene rings is 4. The minimum atomic E-state index is -4.03. The molecule has 0 amide bonds. The first-order chi connectivity index (χ1) is 20.1. The second kappa shape index (κ2) is 17.4. The first-order valence-electron chi connectivity index (χ1n) is 12.2. The van der Waals surface area contributed by atoms with Gasteiger partial charge in [-0.05, 0) is 85.2 Å². The second-order valence-corrected chi connectivity index (χ2v) is 14.5. The molecular weight excluding hydrogens is 685 g/mol. The summed E-state index contributed by atoms with van der Waals surface area (Å²) in [7, 11) is -16.1. The van der Waals surface area contributed by atoms with Crippen LogP contribution >= 0.6 is 0 Å². The summed E-state index contributed by atoms with van der Waals surface area (Å²) in [5.41, 5.74) is 2.20. The molecule has 0 unspecified atom stereocenters. The molecule has 0 aliphatic heterocycles. The molecule has 0 spiro atoms. The third-order valence-electron chi connectivity index (χ3n) is 5.49. The third-order valence-corrected chi connectivity index (χ3v) is 9.54. The van der Waals surface area contributed by atoms with E-state index in [9.17, 15) is 33.7 Å². The molecule has 0 saturated carbocycles. The van der Waals surface area contributed by atoms with Crippen LogP contribution in [0.25, 0.3) is 0 Å². The van der Waals surface area contributed by atoms with Gasteiger partial charge in [0, 0.05) is 0 Å². The number of aryl methyl sites for hydroxylation is 4. The Balaban J connectivity index is 0.000000569. The van der Waals surface area contributed by atoms with E-state index in [-0.39, 0.29) is 30.5 Å². The molecule has 0 atom stereocenters. The highest BCUT2D eigenvalue weighted by molar-refractivity contribution is 7.86. The summed E-state index contributed by atoms with van der Waals surface area (Å²) in [4.78, 5) is -0.111. The number of rotatable bonds is 4. The van der Waals surface area contributed by atoms with Crippen LogP contribution in [-0.2, 0) is 40.5 Å². The van der Waals surface area contributed by atoms with E-state index in [2.05, 4.69) is 0 Å². The summed E-state index contributed by atoms with van der Waals surface area (Å²) in [6.07, 6.45) is 0. The highest BCUT2D eigenvalue weighted by Gasteiger charge is 2.12. The van der Waals surface area contributed by atoms with E-state index >= 15 is 0 Å². The quantitative estimate of drug-likeness (QED) is 0.176. The zero-order chi connectivity index (χ0) is 33.9. The van der Waals surface area contributed by atoms with Gasteiger partial charge in [-0.15, -0.1) is 0 Å². The lowest BCUT2D eigenvalue weighted by molar-refractivity contribution is 0.480. The second-order valence-electron chi connectivity index (χ2n) is 8.96. The fourth-order valence-electron chi connectivity index (χ4n) is 3.38. The molecule has 45 heavy (non-hydrogen) atoms. The molecule has 0 bridgehead atoms. The van der Waals surface area contributed by atoms with Crippen LogP contribution in [0.3, 0.4) is 0 Å². The SMILES string of the molecule is Cc1ccccc1S(=O)(=O)O.Cc1ccccc1S(=O)(=O)O.Cc1ccccc1S(=O)(=O)O.Cc1ccccc1S(=O)(=O)O.[SiH4]. The molecule has 0 heterocycles. The van der Waals surface area contributed by atoms with Gasteiger partial charge >= 0.3 is 0 Å². The van der Waals surface area contributed by atoms with Crippen molar-refractivity contribution in [2.45, 2.75) is 47.3 Å². The maximum Gasteiger partial charge on any atom is 0.294 e. The van der Waals surface area contributed by atoms with Crippen molar-refractivity contribution >= 4 is 51.4 Å². The van der Waals surface area contributed by atoms with Gasteiger partial charge in [-0.3, -0.25) is 18.2 Å². The Bertz CT molecular complexity index is 1720. The largest absolute Gasteiger partial charge is 0.294 e. The van der Waals surface area contributed by atoms with Gasteiger partial charge in [0.2, 0.25) is 0 Å². The van der Waals surface area contributed by atoms with Crippen molar-refractivity contribution in [2.75, 3.05) is 0 Å². The van der Waals surface area contributed by atoms with Crippen LogP contribution in [0.1, 0.15) is 22.3 Å². The molecule has 0 fully saturated rings. The molecule has 4 aromatic carbocycles. The van der Waals surface area contributed by atoms with Gasteiger partial charge < -0.3 is 0 Å². The molecule has 0 radical (unpaired) electrons. The Morgan fingerprint density at radius 1 is 0.333 bits per heavy atom. The van der Waals surface area contributed by atoms with Crippen molar-refractivity contribution in [3.63, 3.8) is 0 Å². The van der Waals surface area contributed by atoms with Gasteiger partial charge in [0.1, 0.15) is 0 Å². The van der Waals surface area contributed by atoms with Crippen molar-refractivity contribution in [1.82, 2.24) is 0 Å². The molecular formula is C28H36O12S4Si. The smallest absolute Gasteiger partial charge is 0.282 e. The van der Waals surface area contributed by atoms with Crippen LogP contribution in [-0.4, -0.2) is 62.8 Å². The monoisotopic (exact) mass is 720 g/mol. The van der Waals surface area contributed by atoms with Crippen LogP contribution in [0.2, 0.25) is 0 Å². The lowest BCUT2D eigenvalue weighted by atomic mass is 10.2. The van der Waals surface area contributed by atoms with E-state index in [1.165, 1.54) is 24.3 Å². The van der Waals surface area contributed by atoms with Crippen LogP contribution in [0.5, 0.6) is 0 Å². The maximum absolute atomic E-state index is 10.6. The zero-order valence-electron chi connectivity index (χ0n) is 23.9. The Hall–Kier alpha value is -3.26. The molecule has 0 aliphatic carbocycles. The first kappa shape index (κ1) is 41.7. The molecule has 4 N–H and O–H groups in total. The summed E-state index contributed by atoms with van der Waals surface area (Å²) in [6, 6.07) is 25.1.